The lowest BCUT2D eigenvalue weighted by Crippen LogP contribution is -1.97. The van der Waals surface area contributed by atoms with Gasteiger partial charge in [-0.1, -0.05) is 121 Å². The first-order chi connectivity index (χ1) is 18.8. The van der Waals surface area contributed by atoms with E-state index in [-0.39, 0.29) is 0 Å². The van der Waals surface area contributed by atoms with Crippen LogP contribution in [-0.2, 0) is 0 Å². The molecule has 0 saturated carbocycles. The molecule has 0 radical (unpaired) electrons. The molecule has 7 aromatic rings. The van der Waals surface area contributed by atoms with Gasteiger partial charge in [0.25, 0.3) is 0 Å². The van der Waals surface area contributed by atoms with Crippen LogP contribution in [0.3, 0.4) is 0 Å². The van der Waals surface area contributed by atoms with Crippen LogP contribution >= 0.6 is 11.6 Å². The van der Waals surface area contributed by atoms with Crippen LogP contribution < -0.4 is 0 Å². The van der Waals surface area contributed by atoms with Gasteiger partial charge in [0.1, 0.15) is 0 Å². The highest BCUT2D eigenvalue weighted by molar-refractivity contribution is 6.30. The van der Waals surface area contributed by atoms with Gasteiger partial charge in [-0.25, -0.2) is 0 Å². The van der Waals surface area contributed by atoms with Crippen LogP contribution in [0, 0.1) is 0 Å². The lowest BCUT2D eigenvalue weighted by Gasteiger charge is -2.14. The van der Waals surface area contributed by atoms with Crippen molar-refractivity contribution in [2.24, 2.45) is 0 Å². The van der Waals surface area contributed by atoms with Gasteiger partial charge >= 0.3 is 0 Å². The van der Waals surface area contributed by atoms with E-state index in [1.54, 1.807) is 0 Å². The molecule has 0 unspecified atom stereocenters. The summed E-state index contributed by atoms with van der Waals surface area (Å²) >= 11 is 6.15. The molecule has 0 amide bonds. The van der Waals surface area contributed by atoms with Crippen molar-refractivity contribution in [2.75, 3.05) is 0 Å². The molecule has 0 fully saturated rings. The van der Waals surface area contributed by atoms with Crippen molar-refractivity contribution in [1.82, 2.24) is 4.57 Å². The summed E-state index contributed by atoms with van der Waals surface area (Å²) in [6, 6.07) is 51.6. The molecule has 7 rings (SSSR count). The van der Waals surface area contributed by atoms with Gasteiger partial charge in [-0.3, -0.25) is 0 Å². The van der Waals surface area contributed by atoms with E-state index in [0.29, 0.717) is 0 Å². The molecule has 0 bridgehead atoms. The number of hydrogen-bond donors (Lipinski definition) is 0. The fourth-order valence-corrected chi connectivity index (χ4v) is 5.57. The van der Waals surface area contributed by atoms with E-state index in [2.05, 4.69) is 138 Å². The molecule has 1 heterocycles. The number of rotatable bonds is 4. The molecule has 1 aromatic heterocycles. The van der Waals surface area contributed by atoms with Crippen LogP contribution in [0.4, 0.5) is 0 Å². The van der Waals surface area contributed by atoms with Gasteiger partial charge in [-0.15, -0.1) is 0 Å². The number of para-hydroxylation sites is 2. The zero-order chi connectivity index (χ0) is 25.5. The van der Waals surface area contributed by atoms with Crippen LogP contribution in [0.15, 0.2) is 146 Å². The Bertz CT molecular complexity index is 1900. The smallest absolute Gasteiger partial charge is 0.0541 e. The largest absolute Gasteiger partial charge is 0.309 e. The van der Waals surface area contributed by atoms with Crippen molar-refractivity contribution >= 4 is 33.4 Å². The molecule has 2 heteroatoms. The maximum Gasteiger partial charge on any atom is 0.0541 e. The second kappa shape index (κ2) is 9.37. The Morgan fingerprint density at radius 1 is 0.395 bits per heavy atom. The zero-order valence-electron chi connectivity index (χ0n) is 20.7. The molecule has 0 aliphatic carbocycles. The summed E-state index contributed by atoms with van der Waals surface area (Å²) in [7, 11) is 0. The van der Waals surface area contributed by atoms with Crippen molar-refractivity contribution in [3.8, 4) is 39.1 Å². The maximum atomic E-state index is 6.15. The highest BCUT2D eigenvalue weighted by Crippen LogP contribution is 2.38. The second-order valence-electron chi connectivity index (χ2n) is 9.55. The Labute approximate surface area is 227 Å². The van der Waals surface area contributed by atoms with Crippen LogP contribution in [0.5, 0.6) is 0 Å². The standard InChI is InChI=1S/C36H24ClN/c37-30-21-18-27(19-22-30)29-20-23-36-33(24-29)32-11-5-7-13-35(32)38(36)34-12-6-4-10-31(34)28-16-14-26(15-17-28)25-8-2-1-3-9-25/h1-24H. The van der Waals surface area contributed by atoms with Crippen LogP contribution in [0.25, 0.3) is 60.9 Å². The molecule has 1 nitrogen and oxygen atoms in total. The minimum atomic E-state index is 0.750. The molecule has 38 heavy (non-hydrogen) atoms. The third kappa shape index (κ3) is 3.89. The van der Waals surface area contributed by atoms with Crippen molar-refractivity contribution in [1.29, 1.82) is 0 Å². The molecular formula is C36H24ClN. The molecule has 0 aliphatic heterocycles. The number of benzene rings is 6. The van der Waals surface area contributed by atoms with E-state index in [1.807, 2.05) is 12.1 Å². The Kier molecular flexibility index (Phi) is 5.57. The van der Waals surface area contributed by atoms with Crippen molar-refractivity contribution in [3.63, 3.8) is 0 Å². The lowest BCUT2D eigenvalue weighted by atomic mass is 9.99. The first kappa shape index (κ1) is 22.6. The second-order valence-corrected chi connectivity index (χ2v) is 9.99. The van der Waals surface area contributed by atoms with E-state index < -0.39 is 0 Å². The molecule has 0 saturated heterocycles. The van der Waals surface area contributed by atoms with E-state index in [4.69, 9.17) is 11.6 Å². The molecule has 0 aliphatic rings. The Balaban J connectivity index is 1.40. The minimum Gasteiger partial charge on any atom is -0.309 e. The zero-order valence-corrected chi connectivity index (χ0v) is 21.4. The topological polar surface area (TPSA) is 4.93 Å². The monoisotopic (exact) mass is 505 g/mol. The van der Waals surface area contributed by atoms with E-state index in [1.165, 1.54) is 55.3 Å². The highest BCUT2D eigenvalue weighted by atomic mass is 35.5. The third-order valence-corrected chi connectivity index (χ3v) is 7.55. The summed E-state index contributed by atoms with van der Waals surface area (Å²) in [5, 5.41) is 3.23. The quantitative estimate of drug-likeness (QED) is 0.224. The Morgan fingerprint density at radius 3 is 1.76 bits per heavy atom. The average Bonchev–Trinajstić information content (AvgIpc) is 3.32. The third-order valence-electron chi connectivity index (χ3n) is 7.30. The van der Waals surface area contributed by atoms with E-state index >= 15 is 0 Å². The number of nitrogens with zero attached hydrogens (tertiary/aromatic N) is 1. The fourth-order valence-electron chi connectivity index (χ4n) is 5.44. The first-order valence-electron chi connectivity index (χ1n) is 12.8. The molecule has 180 valence electrons. The molecule has 6 aromatic carbocycles. The Morgan fingerprint density at radius 2 is 0.947 bits per heavy atom. The average molecular weight is 506 g/mol. The number of aromatic nitrogens is 1. The summed E-state index contributed by atoms with van der Waals surface area (Å²) in [4.78, 5) is 0. The van der Waals surface area contributed by atoms with E-state index in [0.717, 1.165) is 10.6 Å². The van der Waals surface area contributed by atoms with Crippen LogP contribution in [0.1, 0.15) is 0 Å². The summed E-state index contributed by atoms with van der Waals surface area (Å²) in [5.41, 5.74) is 10.8. The van der Waals surface area contributed by atoms with Crippen molar-refractivity contribution in [2.45, 2.75) is 0 Å². The van der Waals surface area contributed by atoms with Crippen LogP contribution in [-0.4, -0.2) is 4.57 Å². The molecule has 0 atom stereocenters. The van der Waals surface area contributed by atoms with Crippen molar-refractivity contribution < 1.29 is 0 Å². The predicted molar refractivity (Wildman–Crippen MR) is 162 cm³/mol. The van der Waals surface area contributed by atoms with Gasteiger partial charge in [0.2, 0.25) is 0 Å². The van der Waals surface area contributed by atoms with Gasteiger partial charge in [-0.2, -0.15) is 0 Å². The fraction of sp³-hybridized carbons (Fsp3) is 0. The van der Waals surface area contributed by atoms with Gasteiger partial charge in [0.15, 0.2) is 0 Å². The molecule has 0 spiro atoms. The summed E-state index contributed by atoms with van der Waals surface area (Å²) in [6.07, 6.45) is 0. The van der Waals surface area contributed by atoms with Gasteiger partial charge in [0.05, 0.1) is 16.7 Å². The Hall–Kier alpha value is -4.59. The SMILES string of the molecule is Clc1ccc(-c2ccc3c(c2)c2ccccc2n3-c2ccccc2-c2ccc(-c3ccccc3)cc2)cc1. The summed E-state index contributed by atoms with van der Waals surface area (Å²) < 4.78 is 2.40. The lowest BCUT2D eigenvalue weighted by molar-refractivity contribution is 1.18. The van der Waals surface area contributed by atoms with Gasteiger partial charge in [-0.05, 0) is 64.2 Å². The summed E-state index contributed by atoms with van der Waals surface area (Å²) in [5.74, 6) is 0. The maximum absolute atomic E-state index is 6.15. The predicted octanol–water partition coefficient (Wildman–Crippen LogP) is 10.4. The van der Waals surface area contributed by atoms with Crippen LogP contribution in [0.2, 0.25) is 5.02 Å². The number of halogens is 1. The van der Waals surface area contributed by atoms with Gasteiger partial charge in [0, 0.05) is 21.4 Å². The first-order valence-corrected chi connectivity index (χ1v) is 13.2. The minimum absolute atomic E-state index is 0.750. The normalized spacial score (nSPS) is 11.3. The number of fused-ring (bicyclic) bond motifs is 3. The molecule has 0 N–H and O–H groups in total. The van der Waals surface area contributed by atoms with Crippen molar-refractivity contribution in [3.05, 3.63) is 151 Å². The van der Waals surface area contributed by atoms with Gasteiger partial charge < -0.3 is 4.57 Å². The molecular weight excluding hydrogens is 482 g/mol. The number of hydrogen-bond acceptors (Lipinski definition) is 0. The highest BCUT2D eigenvalue weighted by Gasteiger charge is 2.16. The summed E-state index contributed by atoms with van der Waals surface area (Å²) in [6.45, 7) is 0. The van der Waals surface area contributed by atoms with E-state index in [9.17, 15) is 0 Å².